The molecule has 0 saturated carbocycles. The Morgan fingerprint density at radius 3 is 2.19 bits per heavy atom. The molecule has 9 rings (SSSR count). The van der Waals surface area contributed by atoms with E-state index < -0.39 is 20.0 Å². The third-order valence-corrected chi connectivity index (χ3v) is 13.9. The summed E-state index contributed by atoms with van der Waals surface area (Å²) in [7, 11) is -5.95. The number of carbonyl (C=O) groups excluding carboxylic acids is 2. The summed E-state index contributed by atoms with van der Waals surface area (Å²) in [4.78, 5) is 36.4. The number of rotatable bonds is 12. The molecule has 0 radical (unpaired) electrons. The number of nitrogens with one attached hydrogen (secondary N) is 4. The molecular weight excluding hydrogens is 856 g/mol. The molecule has 7 aromatic rings. The van der Waals surface area contributed by atoms with Crippen molar-refractivity contribution in [2.45, 2.75) is 47.9 Å². The number of carbonyl (C=O) groups is 2. The molecule has 19 heteroatoms. The summed E-state index contributed by atoms with van der Waals surface area (Å²) in [6, 6.07) is 24.6. The fourth-order valence-electron chi connectivity index (χ4n) is 7.16. The molecule has 2 fully saturated rings. The van der Waals surface area contributed by atoms with Crippen LogP contribution in [0.2, 0.25) is 5.02 Å². The second-order valence-electron chi connectivity index (χ2n) is 14.6. The summed E-state index contributed by atoms with van der Waals surface area (Å²) in [5.41, 5.74) is 4.36. The maximum atomic E-state index is 12.9. The summed E-state index contributed by atoms with van der Waals surface area (Å²) in [5, 5.41) is 6.89. The van der Waals surface area contributed by atoms with Crippen LogP contribution in [0.25, 0.3) is 16.6 Å². The number of anilines is 1. The second kappa shape index (κ2) is 18.0. The molecule has 4 N–H and O–H groups in total. The maximum Gasteiger partial charge on any atom is 0.267 e. The number of nitrogens with zero attached hydrogens (tertiary/aromatic N) is 4. The Hall–Kier alpha value is -6.31. The number of morpholine rings is 1. The number of fused-ring (bicyclic) bond motifs is 4. The van der Waals surface area contributed by atoms with E-state index in [4.69, 9.17) is 21.1 Å². The van der Waals surface area contributed by atoms with Gasteiger partial charge in [-0.3, -0.25) is 19.3 Å². The van der Waals surface area contributed by atoms with Crippen LogP contribution in [0.15, 0.2) is 132 Å². The van der Waals surface area contributed by atoms with E-state index in [0.717, 1.165) is 40.5 Å². The number of halogens is 1. The number of sulfonamides is 2. The number of hydrogen-bond acceptors (Lipinski definition) is 10. The lowest BCUT2D eigenvalue weighted by atomic mass is 10.2. The van der Waals surface area contributed by atoms with E-state index in [9.17, 15) is 26.4 Å². The first-order chi connectivity index (χ1) is 29.8. The third kappa shape index (κ3) is 9.59. The van der Waals surface area contributed by atoms with Gasteiger partial charge in [-0.2, -0.15) is 4.31 Å². The highest BCUT2D eigenvalue weighted by molar-refractivity contribution is 7.92. The number of ether oxygens (including phenoxy) is 2. The van der Waals surface area contributed by atoms with Crippen molar-refractivity contribution in [3.63, 3.8) is 0 Å². The average Bonchev–Trinajstić information content (AvgIpc) is 4.03. The van der Waals surface area contributed by atoms with E-state index in [-0.39, 0.29) is 46.0 Å². The highest BCUT2D eigenvalue weighted by Gasteiger charge is 2.39. The normalized spacial score (nSPS) is 16.4. The molecule has 2 amide bonds. The van der Waals surface area contributed by atoms with Gasteiger partial charge in [0.15, 0.2) is 0 Å². The number of imidazole rings is 1. The predicted octanol–water partition coefficient (Wildman–Crippen LogP) is 5.77. The van der Waals surface area contributed by atoms with Crippen LogP contribution in [0.5, 0.6) is 5.75 Å². The SMILES string of the molecule is COc1ccc(Cl)cc1NS(=O)(=O)c1ccc(CNC(=O)c2cc3cnccc3[nH]2)cc1.O=C(NCc1ccc(S(=O)(=O)N2CC3CCC(C2)O3)cc1)c1ccc2nccn2c1. The van der Waals surface area contributed by atoms with Crippen molar-refractivity contribution in [3.05, 3.63) is 149 Å². The van der Waals surface area contributed by atoms with E-state index in [1.165, 1.54) is 29.6 Å². The zero-order valence-electron chi connectivity index (χ0n) is 33.2. The molecule has 2 bridgehead atoms. The maximum absolute atomic E-state index is 12.9. The zero-order valence-corrected chi connectivity index (χ0v) is 35.6. The Morgan fingerprint density at radius 1 is 0.839 bits per heavy atom. The number of H-pyrrole nitrogens is 1. The molecule has 4 aromatic heterocycles. The van der Waals surface area contributed by atoms with Gasteiger partial charge >= 0.3 is 0 Å². The minimum Gasteiger partial charge on any atom is -0.495 e. The van der Waals surface area contributed by atoms with E-state index in [2.05, 4.69) is 30.3 Å². The van der Waals surface area contributed by atoms with Gasteiger partial charge in [-0.05, 0) is 90.7 Å². The van der Waals surface area contributed by atoms with Crippen LogP contribution in [-0.4, -0.2) is 84.7 Å². The second-order valence-corrected chi connectivity index (χ2v) is 18.7. The molecule has 6 heterocycles. The molecule has 2 unspecified atom stereocenters. The molecule has 2 aliphatic rings. The van der Waals surface area contributed by atoms with Gasteiger partial charge in [-0.1, -0.05) is 35.9 Å². The minimum atomic E-state index is -3.86. The van der Waals surface area contributed by atoms with Gasteiger partial charge in [0.25, 0.3) is 21.8 Å². The molecule has 2 aliphatic heterocycles. The van der Waals surface area contributed by atoms with Crippen LogP contribution >= 0.6 is 11.6 Å². The van der Waals surface area contributed by atoms with E-state index in [1.54, 1.807) is 108 Å². The molecule has 0 spiro atoms. The molecule has 62 heavy (non-hydrogen) atoms. The van der Waals surface area contributed by atoms with Gasteiger partial charge in [0.05, 0.1) is 40.4 Å². The van der Waals surface area contributed by atoms with Crippen LogP contribution in [0.1, 0.15) is 44.8 Å². The number of methoxy groups -OCH3 is 1. The van der Waals surface area contributed by atoms with Crippen molar-refractivity contribution in [1.82, 2.24) is 34.3 Å². The first kappa shape index (κ1) is 42.4. The fraction of sp³-hybridized carbons (Fsp3) is 0.209. The highest BCUT2D eigenvalue weighted by atomic mass is 35.5. The largest absolute Gasteiger partial charge is 0.495 e. The quantitative estimate of drug-likeness (QED) is 0.117. The molecule has 2 saturated heterocycles. The average molecular weight is 897 g/mol. The van der Waals surface area contributed by atoms with Crippen LogP contribution in [-0.2, 0) is 37.9 Å². The van der Waals surface area contributed by atoms with Crippen LogP contribution in [0.3, 0.4) is 0 Å². The third-order valence-electron chi connectivity index (χ3n) is 10.4. The summed E-state index contributed by atoms with van der Waals surface area (Å²) < 4.78 is 68.1. The number of amides is 2. The van der Waals surface area contributed by atoms with Crippen molar-refractivity contribution in [2.24, 2.45) is 0 Å². The van der Waals surface area contributed by atoms with Crippen molar-refractivity contribution in [2.75, 3.05) is 24.9 Å². The van der Waals surface area contributed by atoms with Gasteiger partial charge in [-0.25, -0.2) is 21.8 Å². The Bertz CT molecular complexity index is 2930. The van der Waals surface area contributed by atoms with Crippen molar-refractivity contribution in [3.8, 4) is 5.75 Å². The lowest BCUT2D eigenvalue weighted by Crippen LogP contribution is -2.45. The lowest BCUT2D eigenvalue weighted by Gasteiger charge is -2.31. The molecule has 16 nitrogen and oxygen atoms in total. The molecule has 0 aliphatic carbocycles. The van der Waals surface area contributed by atoms with Gasteiger partial charge < -0.3 is 29.5 Å². The first-order valence-corrected chi connectivity index (χ1v) is 22.8. The zero-order chi connectivity index (χ0) is 43.4. The Labute approximate surface area is 362 Å². The predicted molar refractivity (Wildman–Crippen MR) is 232 cm³/mol. The molecular formula is C43H41ClN8O8S2. The first-order valence-electron chi connectivity index (χ1n) is 19.5. The highest BCUT2D eigenvalue weighted by Crippen LogP contribution is 2.31. The van der Waals surface area contributed by atoms with E-state index >= 15 is 0 Å². The van der Waals surface area contributed by atoms with Crippen molar-refractivity contribution < 1.29 is 35.9 Å². The van der Waals surface area contributed by atoms with Gasteiger partial charge in [0, 0.05) is 73.1 Å². The molecule has 3 aromatic carbocycles. The minimum absolute atomic E-state index is 0.00885. The van der Waals surface area contributed by atoms with Crippen molar-refractivity contribution in [1.29, 1.82) is 0 Å². The Balaban J connectivity index is 0.000000171. The summed E-state index contributed by atoms with van der Waals surface area (Å²) in [6.45, 7) is 1.38. The number of pyridine rings is 2. The number of benzene rings is 3. The smallest absolute Gasteiger partial charge is 0.267 e. The van der Waals surface area contributed by atoms with Crippen LogP contribution in [0, 0.1) is 0 Å². The Morgan fingerprint density at radius 2 is 1.52 bits per heavy atom. The molecule has 2 atom stereocenters. The summed E-state index contributed by atoms with van der Waals surface area (Å²) >= 11 is 5.97. The van der Waals surface area contributed by atoms with E-state index in [1.807, 2.05) is 0 Å². The van der Waals surface area contributed by atoms with Gasteiger partial charge in [-0.15, -0.1) is 0 Å². The number of aromatic nitrogens is 4. The van der Waals surface area contributed by atoms with E-state index in [0.29, 0.717) is 41.7 Å². The van der Waals surface area contributed by atoms with Crippen molar-refractivity contribution >= 4 is 65.7 Å². The number of hydrogen-bond donors (Lipinski definition) is 4. The Kier molecular flexibility index (Phi) is 12.3. The molecule has 320 valence electrons. The van der Waals surface area contributed by atoms with Crippen LogP contribution in [0.4, 0.5) is 5.69 Å². The van der Waals surface area contributed by atoms with Gasteiger partial charge in [0.2, 0.25) is 10.0 Å². The summed E-state index contributed by atoms with van der Waals surface area (Å²) in [6.07, 6.45) is 10.4. The van der Waals surface area contributed by atoms with Crippen LogP contribution < -0.4 is 20.1 Å². The van der Waals surface area contributed by atoms with Gasteiger partial charge in [0.1, 0.15) is 17.1 Å². The lowest BCUT2D eigenvalue weighted by molar-refractivity contribution is -0.0114. The fourth-order valence-corrected chi connectivity index (χ4v) is 9.90. The number of aromatic amines is 1. The topological polar surface area (TPSA) is 206 Å². The monoisotopic (exact) mass is 896 g/mol. The summed E-state index contributed by atoms with van der Waals surface area (Å²) in [5.74, 6) is -0.122. The standard InChI is InChI=1S/C22H19ClN4O4S.C21H22N4O4S/c1-31-21-7-4-16(23)11-19(21)27-32(29,30)17-5-2-14(3-6-17)12-25-22(28)20-10-15-13-24-9-8-18(15)26-20;26-21(16-3-8-20-22-9-10-24(20)12-16)23-11-15-1-6-19(7-2-15)30(27,28)25-13-17-4-5-18(14-25)29-17/h2-11,13,26-27H,12H2,1H3,(H,25,28);1-3,6-10,12,17-18H,4-5,11,13-14H2,(H,23,26).